The number of carbonyl (C=O) groups excluding carboxylic acids is 1. The van der Waals surface area contributed by atoms with Gasteiger partial charge in [-0.1, -0.05) is 23.9 Å². The first-order valence-electron chi connectivity index (χ1n) is 7.79. The normalized spacial score (nSPS) is 26.0. The maximum absolute atomic E-state index is 12.0. The van der Waals surface area contributed by atoms with Crippen molar-refractivity contribution < 1.29 is 22.7 Å². The Morgan fingerprint density at radius 3 is 2.64 bits per heavy atom. The molecule has 0 spiro atoms. The molecule has 1 aromatic carbocycles. The van der Waals surface area contributed by atoms with Crippen molar-refractivity contribution in [3.8, 4) is 5.75 Å². The van der Waals surface area contributed by atoms with Crippen LogP contribution in [0.4, 0.5) is 0 Å². The van der Waals surface area contributed by atoms with Gasteiger partial charge in [-0.05, 0) is 17.7 Å². The van der Waals surface area contributed by atoms with Crippen LogP contribution in [0.5, 0.6) is 5.75 Å². The van der Waals surface area contributed by atoms with E-state index in [0.29, 0.717) is 11.7 Å². The molecule has 0 bridgehead atoms. The van der Waals surface area contributed by atoms with Crippen LogP contribution in [0.1, 0.15) is 5.56 Å². The number of thioether (sulfide) groups is 1. The maximum Gasteiger partial charge on any atom is 0.274 e. The van der Waals surface area contributed by atoms with Crippen LogP contribution in [-0.2, 0) is 25.9 Å². The molecule has 1 amide bonds. The van der Waals surface area contributed by atoms with Crippen molar-refractivity contribution in [2.24, 2.45) is 4.99 Å². The van der Waals surface area contributed by atoms with Crippen molar-refractivity contribution in [1.29, 1.82) is 0 Å². The summed E-state index contributed by atoms with van der Waals surface area (Å²) in [6.07, 6.45) is 0. The van der Waals surface area contributed by atoms with E-state index in [2.05, 4.69) is 4.99 Å². The molecular weight excluding hydrogens is 364 g/mol. The molecule has 2 aliphatic rings. The lowest BCUT2D eigenvalue weighted by Crippen LogP contribution is -2.37. The summed E-state index contributed by atoms with van der Waals surface area (Å²) < 4.78 is 33.9. The number of amides is 1. The lowest BCUT2D eigenvalue weighted by atomic mass is 10.1. The van der Waals surface area contributed by atoms with Gasteiger partial charge < -0.3 is 14.4 Å². The van der Waals surface area contributed by atoms with Crippen LogP contribution < -0.4 is 4.74 Å². The zero-order chi connectivity index (χ0) is 18.0. The second-order valence-corrected chi connectivity index (χ2v) is 9.36. The summed E-state index contributed by atoms with van der Waals surface area (Å²) in [6.45, 7) is 0.404. The molecule has 2 heterocycles. The van der Waals surface area contributed by atoms with Crippen LogP contribution in [0, 0.1) is 0 Å². The molecule has 2 atom stereocenters. The Hall–Kier alpha value is -1.58. The number of carbonyl (C=O) groups is 1. The summed E-state index contributed by atoms with van der Waals surface area (Å²) in [6, 6.07) is 7.40. The number of hydrogen-bond acceptors (Lipinski definition) is 6. The van der Waals surface area contributed by atoms with Crippen molar-refractivity contribution >= 4 is 32.7 Å². The molecule has 0 N–H and O–H groups in total. The molecule has 0 aliphatic carbocycles. The summed E-state index contributed by atoms with van der Waals surface area (Å²) in [5, 5.41) is 0.486. The van der Waals surface area contributed by atoms with E-state index in [-0.39, 0.29) is 35.3 Å². The number of amidine groups is 1. The second-order valence-electron chi connectivity index (χ2n) is 6.00. The van der Waals surface area contributed by atoms with E-state index in [1.807, 2.05) is 29.2 Å². The van der Waals surface area contributed by atoms with E-state index in [1.165, 1.54) is 18.9 Å². The Bertz CT molecular complexity index is 776. The SMILES string of the molecule is COCC(=O)N=C1SC2CS(=O)(=O)CC2N1Cc1ccc(OC)cc1. The Morgan fingerprint density at radius 2 is 2.00 bits per heavy atom. The molecule has 2 aliphatic heterocycles. The highest BCUT2D eigenvalue weighted by atomic mass is 32.2. The zero-order valence-corrected chi connectivity index (χ0v) is 15.7. The van der Waals surface area contributed by atoms with Gasteiger partial charge in [0, 0.05) is 18.9 Å². The number of nitrogens with zero attached hydrogens (tertiary/aromatic N) is 2. The predicted molar refractivity (Wildman–Crippen MR) is 96.7 cm³/mol. The fourth-order valence-electron chi connectivity index (χ4n) is 3.01. The van der Waals surface area contributed by atoms with Crippen LogP contribution in [0.25, 0.3) is 0 Å². The van der Waals surface area contributed by atoms with Crippen molar-refractivity contribution in [1.82, 2.24) is 4.90 Å². The number of hydrogen-bond donors (Lipinski definition) is 0. The summed E-state index contributed by atoms with van der Waals surface area (Å²) in [4.78, 5) is 17.9. The van der Waals surface area contributed by atoms with Gasteiger partial charge in [0.25, 0.3) is 5.91 Å². The first-order valence-corrected chi connectivity index (χ1v) is 10.5. The quantitative estimate of drug-likeness (QED) is 0.747. The number of sulfone groups is 1. The monoisotopic (exact) mass is 384 g/mol. The summed E-state index contributed by atoms with van der Waals surface area (Å²) >= 11 is 1.37. The highest BCUT2D eigenvalue weighted by Gasteiger charge is 2.48. The van der Waals surface area contributed by atoms with Gasteiger partial charge in [0.1, 0.15) is 12.4 Å². The molecule has 2 fully saturated rings. The van der Waals surface area contributed by atoms with Crippen LogP contribution >= 0.6 is 11.8 Å². The number of fused-ring (bicyclic) bond motifs is 1. The fraction of sp³-hybridized carbons (Fsp3) is 0.500. The molecule has 0 aromatic heterocycles. The number of rotatable bonds is 5. The summed E-state index contributed by atoms with van der Waals surface area (Å²) in [7, 11) is -0.00638. The van der Waals surface area contributed by atoms with Gasteiger partial charge in [0.2, 0.25) is 0 Å². The third-order valence-corrected chi connectivity index (χ3v) is 7.42. The number of benzene rings is 1. The summed E-state index contributed by atoms with van der Waals surface area (Å²) in [5.74, 6) is 0.606. The highest BCUT2D eigenvalue weighted by Crippen LogP contribution is 2.39. The standard InChI is InChI=1S/C16H20N2O5S2/c1-22-8-15(19)17-16-18(7-11-3-5-12(23-2)6-4-11)13-9-25(20,21)10-14(13)24-16/h3-6,13-14H,7-10H2,1-2H3. The maximum atomic E-state index is 12.0. The minimum atomic E-state index is -3.05. The Labute approximate surface area is 151 Å². The first-order chi connectivity index (χ1) is 11.9. The van der Waals surface area contributed by atoms with Crippen molar-refractivity contribution in [3.63, 3.8) is 0 Å². The van der Waals surface area contributed by atoms with Crippen LogP contribution in [0.2, 0.25) is 0 Å². The van der Waals surface area contributed by atoms with E-state index < -0.39 is 9.84 Å². The molecule has 136 valence electrons. The third kappa shape index (κ3) is 4.16. The molecule has 25 heavy (non-hydrogen) atoms. The number of methoxy groups -OCH3 is 2. The molecular formula is C16H20N2O5S2. The average molecular weight is 384 g/mol. The Balaban J connectivity index is 1.84. The summed E-state index contributed by atoms with van der Waals surface area (Å²) in [5.41, 5.74) is 0.998. The zero-order valence-electron chi connectivity index (χ0n) is 14.0. The minimum Gasteiger partial charge on any atom is -0.497 e. The van der Waals surface area contributed by atoms with Crippen molar-refractivity contribution in [3.05, 3.63) is 29.8 Å². The van der Waals surface area contributed by atoms with E-state index in [1.54, 1.807) is 7.11 Å². The first kappa shape index (κ1) is 18.2. The van der Waals surface area contributed by atoms with Gasteiger partial charge in [-0.2, -0.15) is 4.99 Å². The van der Waals surface area contributed by atoms with Crippen molar-refractivity contribution in [2.75, 3.05) is 32.3 Å². The lowest BCUT2D eigenvalue weighted by molar-refractivity contribution is -0.121. The molecule has 9 heteroatoms. The molecule has 2 unspecified atom stereocenters. The van der Waals surface area contributed by atoms with Crippen LogP contribution in [-0.4, -0.2) is 68.0 Å². The predicted octanol–water partition coefficient (Wildman–Crippen LogP) is 0.939. The van der Waals surface area contributed by atoms with Gasteiger partial charge in [-0.25, -0.2) is 8.42 Å². The van der Waals surface area contributed by atoms with E-state index in [9.17, 15) is 13.2 Å². The van der Waals surface area contributed by atoms with Crippen LogP contribution in [0.3, 0.4) is 0 Å². The molecule has 3 rings (SSSR count). The third-order valence-electron chi connectivity index (χ3n) is 4.17. The van der Waals surface area contributed by atoms with Gasteiger partial charge >= 0.3 is 0 Å². The molecule has 0 radical (unpaired) electrons. The molecule has 2 saturated heterocycles. The fourth-order valence-corrected chi connectivity index (χ4v) is 6.98. The van der Waals surface area contributed by atoms with Gasteiger partial charge in [-0.3, -0.25) is 4.79 Å². The second kappa shape index (κ2) is 7.35. The molecule has 1 aromatic rings. The number of ether oxygens (including phenoxy) is 2. The highest BCUT2D eigenvalue weighted by molar-refractivity contribution is 8.15. The van der Waals surface area contributed by atoms with Gasteiger partial charge in [0.15, 0.2) is 15.0 Å². The lowest BCUT2D eigenvalue weighted by Gasteiger charge is -2.24. The largest absolute Gasteiger partial charge is 0.497 e. The van der Waals surface area contributed by atoms with Gasteiger partial charge in [-0.15, -0.1) is 0 Å². The Morgan fingerprint density at radius 1 is 1.28 bits per heavy atom. The molecule has 7 nitrogen and oxygen atoms in total. The average Bonchev–Trinajstić information content (AvgIpc) is 3.01. The molecule has 0 saturated carbocycles. The topological polar surface area (TPSA) is 85.3 Å². The van der Waals surface area contributed by atoms with Crippen LogP contribution in [0.15, 0.2) is 29.3 Å². The smallest absolute Gasteiger partial charge is 0.274 e. The number of aliphatic imine (C=N–C) groups is 1. The van der Waals surface area contributed by atoms with E-state index in [4.69, 9.17) is 9.47 Å². The Kier molecular flexibility index (Phi) is 5.35. The van der Waals surface area contributed by atoms with Gasteiger partial charge in [0.05, 0.1) is 24.7 Å². The minimum absolute atomic E-state index is 0.0858. The van der Waals surface area contributed by atoms with Crippen molar-refractivity contribution in [2.45, 2.75) is 17.8 Å². The van der Waals surface area contributed by atoms with E-state index >= 15 is 0 Å². The van der Waals surface area contributed by atoms with E-state index in [0.717, 1.165) is 11.3 Å².